The molecule has 0 aliphatic carbocycles. The molecule has 1 atom stereocenters. The molecule has 0 bridgehead atoms. The predicted molar refractivity (Wildman–Crippen MR) is 45.7 cm³/mol. The zero-order valence-corrected chi connectivity index (χ0v) is 7.35. The molecule has 5 nitrogen and oxygen atoms in total. The summed E-state index contributed by atoms with van der Waals surface area (Å²) >= 11 is 0.927. The van der Waals surface area contributed by atoms with E-state index in [9.17, 15) is 9.59 Å². The van der Waals surface area contributed by atoms with Gasteiger partial charge in [0, 0.05) is 13.5 Å². The van der Waals surface area contributed by atoms with Crippen molar-refractivity contribution in [1.29, 1.82) is 5.41 Å². The Morgan fingerprint density at radius 3 is 2.67 bits per heavy atom. The first-order valence-corrected chi connectivity index (χ1v) is 4.21. The number of amides is 2. The molecule has 2 amide bonds. The van der Waals surface area contributed by atoms with Crippen molar-refractivity contribution in [2.45, 2.75) is 11.7 Å². The zero-order chi connectivity index (χ0) is 9.30. The zero-order valence-electron chi connectivity index (χ0n) is 6.53. The average Bonchev–Trinajstić information content (AvgIpc) is 2.17. The van der Waals surface area contributed by atoms with Crippen LogP contribution in [-0.4, -0.2) is 34.2 Å². The summed E-state index contributed by atoms with van der Waals surface area (Å²) in [6.45, 7) is 0. The lowest BCUT2D eigenvalue weighted by atomic mass is 10.4. The van der Waals surface area contributed by atoms with Crippen LogP contribution in [0.2, 0.25) is 0 Å². The third-order valence-corrected chi connectivity index (χ3v) is 2.52. The molecule has 1 fully saturated rings. The molecule has 1 heterocycles. The molecule has 0 saturated carbocycles. The number of carbonyl (C=O) groups excluding carboxylic acids is 2. The minimum absolute atomic E-state index is 0.128. The van der Waals surface area contributed by atoms with Gasteiger partial charge in [0.1, 0.15) is 5.25 Å². The highest BCUT2D eigenvalue weighted by molar-refractivity contribution is 8.14. The lowest BCUT2D eigenvalue weighted by molar-refractivity contribution is -0.136. The maximum atomic E-state index is 11.2. The van der Waals surface area contributed by atoms with E-state index in [1.54, 1.807) is 0 Å². The highest BCUT2D eigenvalue weighted by atomic mass is 32.2. The molecule has 1 aliphatic rings. The van der Waals surface area contributed by atoms with Gasteiger partial charge in [-0.3, -0.25) is 19.9 Å². The van der Waals surface area contributed by atoms with E-state index < -0.39 is 5.25 Å². The summed E-state index contributed by atoms with van der Waals surface area (Å²) in [7, 11) is 1.44. The number of thioether (sulfide) groups is 1. The number of carbonyl (C=O) groups is 2. The van der Waals surface area contributed by atoms with E-state index in [1.807, 2.05) is 0 Å². The second kappa shape index (κ2) is 3.14. The van der Waals surface area contributed by atoms with Crippen molar-refractivity contribution in [3.8, 4) is 0 Å². The van der Waals surface area contributed by atoms with E-state index in [4.69, 9.17) is 11.1 Å². The van der Waals surface area contributed by atoms with Gasteiger partial charge in [-0.2, -0.15) is 0 Å². The number of hydrogen-bond acceptors (Lipinski definition) is 4. The molecule has 66 valence electrons. The summed E-state index contributed by atoms with van der Waals surface area (Å²) in [5, 5.41) is 6.33. The molecule has 0 aromatic rings. The van der Waals surface area contributed by atoms with Crippen LogP contribution < -0.4 is 5.73 Å². The summed E-state index contributed by atoms with van der Waals surface area (Å²) in [5.41, 5.74) is 5.09. The second-order valence-corrected chi connectivity index (χ2v) is 3.71. The minimum Gasteiger partial charge on any atom is -0.379 e. The summed E-state index contributed by atoms with van der Waals surface area (Å²) in [6.07, 6.45) is 0.152. The third kappa shape index (κ3) is 1.58. The molecule has 1 unspecified atom stereocenters. The summed E-state index contributed by atoms with van der Waals surface area (Å²) < 4.78 is 0. The largest absolute Gasteiger partial charge is 0.379 e. The summed E-state index contributed by atoms with van der Waals surface area (Å²) in [6, 6.07) is 0. The maximum Gasteiger partial charge on any atom is 0.243 e. The van der Waals surface area contributed by atoms with Crippen molar-refractivity contribution < 1.29 is 9.59 Å². The van der Waals surface area contributed by atoms with Crippen LogP contribution in [0.4, 0.5) is 0 Å². The molecular formula is C6H9N3O2S. The number of nitrogens with zero attached hydrogens (tertiary/aromatic N) is 1. The van der Waals surface area contributed by atoms with Crippen molar-refractivity contribution >= 4 is 28.7 Å². The van der Waals surface area contributed by atoms with E-state index >= 15 is 0 Å². The number of imide groups is 1. The van der Waals surface area contributed by atoms with Crippen molar-refractivity contribution in [3.05, 3.63) is 0 Å². The molecule has 0 spiro atoms. The van der Waals surface area contributed by atoms with E-state index in [1.165, 1.54) is 7.05 Å². The van der Waals surface area contributed by atoms with Gasteiger partial charge < -0.3 is 5.73 Å². The number of likely N-dealkylation sites (tertiary alicyclic amines) is 1. The minimum atomic E-state index is -0.486. The van der Waals surface area contributed by atoms with Gasteiger partial charge in [-0.1, -0.05) is 11.8 Å². The molecule has 0 aromatic carbocycles. The predicted octanol–water partition coefficient (Wildman–Crippen LogP) is -0.630. The van der Waals surface area contributed by atoms with E-state index in [-0.39, 0.29) is 23.4 Å². The highest BCUT2D eigenvalue weighted by Gasteiger charge is 2.36. The van der Waals surface area contributed by atoms with Gasteiger partial charge in [0.2, 0.25) is 11.8 Å². The Kier molecular flexibility index (Phi) is 2.37. The first-order valence-electron chi connectivity index (χ1n) is 3.33. The van der Waals surface area contributed by atoms with Gasteiger partial charge in [0.25, 0.3) is 0 Å². The van der Waals surface area contributed by atoms with Gasteiger partial charge >= 0.3 is 0 Å². The quantitative estimate of drug-likeness (QED) is 0.325. The fraction of sp³-hybridized carbons (Fsp3) is 0.500. The summed E-state index contributed by atoms with van der Waals surface area (Å²) in [4.78, 5) is 23.2. The molecule has 12 heavy (non-hydrogen) atoms. The van der Waals surface area contributed by atoms with Crippen LogP contribution in [0.15, 0.2) is 0 Å². The van der Waals surface area contributed by atoms with Crippen LogP contribution in [-0.2, 0) is 9.59 Å². The average molecular weight is 187 g/mol. The topological polar surface area (TPSA) is 87.2 Å². The van der Waals surface area contributed by atoms with Gasteiger partial charge in [-0.15, -0.1) is 0 Å². The van der Waals surface area contributed by atoms with Crippen LogP contribution in [0.5, 0.6) is 0 Å². The fourth-order valence-corrected chi connectivity index (χ4v) is 1.76. The Balaban J connectivity index is 2.65. The smallest absolute Gasteiger partial charge is 0.243 e. The molecule has 6 heteroatoms. The maximum absolute atomic E-state index is 11.2. The lowest BCUT2D eigenvalue weighted by Crippen LogP contribution is -2.27. The van der Waals surface area contributed by atoms with Gasteiger partial charge in [-0.05, 0) is 0 Å². The molecule has 1 saturated heterocycles. The van der Waals surface area contributed by atoms with Crippen LogP contribution in [0.3, 0.4) is 0 Å². The van der Waals surface area contributed by atoms with Crippen molar-refractivity contribution in [2.75, 3.05) is 7.05 Å². The number of nitrogens with one attached hydrogen (secondary N) is 1. The Labute approximate surface area is 73.8 Å². The Morgan fingerprint density at radius 2 is 2.33 bits per heavy atom. The van der Waals surface area contributed by atoms with Crippen LogP contribution in [0.1, 0.15) is 6.42 Å². The third-order valence-electron chi connectivity index (χ3n) is 1.61. The van der Waals surface area contributed by atoms with Crippen molar-refractivity contribution in [1.82, 2.24) is 4.90 Å². The van der Waals surface area contributed by atoms with Crippen LogP contribution in [0.25, 0.3) is 0 Å². The van der Waals surface area contributed by atoms with Gasteiger partial charge in [0.15, 0.2) is 5.17 Å². The number of rotatable bonds is 1. The molecule has 3 N–H and O–H groups in total. The SMILES string of the molecule is CN1C(=O)CC(SC(=N)N)C1=O. The number of amidine groups is 1. The molecule has 1 rings (SSSR count). The highest BCUT2D eigenvalue weighted by Crippen LogP contribution is 2.23. The van der Waals surface area contributed by atoms with Crippen LogP contribution in [0, 0.1) is 5.41 Å². The Bertz CT molecular complexity index is 251. The normalized spacial score (nSPS) is 23.4. The van der Waals surface area contributed by atoms with Gasteiger partial charge in [-0.25, -0.2) is 0 Å². The monoisotopic (exact) mass is 187 g/mol. The van der Waals surface area contributed by atoms with E-state index in [0.29, 0.717) is 0 Å². The Morgan fingerprint density at radius 1 is 1.75 bits per heavy atom. The van der Waals surface area contributed by atoms with Gasteiger partial charge in [0.05, 0.1) is 0 Å². The van der Waals surface area contributed by atoms with E-state index in [2.05, 4.69) is 0 Å². The van der Waals surface area contributed by atoms with Crippen LogP contribution >= 0.6 is 11.8 Å². The fourth-order valence-electron chi connectivity index (χ4n) is 0.967. The second-order valence-electron chi connectivity index (χ2n) is 2.47. The Hall–Kier alpha value is -1.04. The number of hydrogen-bond donors (Lipinski definition) is 2. The molecular weight excluding hydrogens is 178 g/mol. The molecule has 0 radical (unpaired) electrons. The molecule has 1 aliphatic heterocycles. The number of nitrogens with two attached hydrogens (primary N) is 1. The van der Waals surface area contributed by atoms with Crippen molar-refractivity contribution in [3.63, 3.8) is 0 Å². The van der Waals surface area contributed by atoms with E-state index in [0.717, 1.165) is 16.7 Å². The standard InChI is InChI=1S/C6H9N3O2S/c1-9-4(10)2-3(5(9)11)12-6(7)8/h3H,2H2,1H3,(H3,7,8). The first kappa shape index (κ1) is 9.05. The van der Waals surface area contributed by atoms with Crippen molar-refractivity contribution in [2.24, 2.45) is 5.73 Å². The first-order chi connectivity index (χ1) is 5.52. The summed E-state index contributed by atoms with van der Waals surface area (Å²) in [5.74, 6) is -0.473. The molecule has 0 aromatic heterocycles. The lowest BCUT2D eigenvalue weighted by Gasteiger charge is -2.06.